The minimum absolute atomic E-state index is 0.708. The summed E-state index contributed by atoms with van der Waals surface area (Å²) in [7, 11) is 0. The van der Waals surface area contributed by atoms with E-state index in [0.29, 0.717) is 5.82 Å². The minimum atomic E-state index is 0.708. The van der Waals surface area contributed by atoms with Gasteiger partial charge >= 0.3 is 0 Å². The molecule has 10 rings (SSSR count). The lowest BCUT2D eigenvalue weighted by molar-refractivity contribution is 0.687. The molecular formula is C46H32N4S2. The van der Waals surface area contributed by atoms with Gasteiger partial charge in [-0.2, -0.15) is 0 Å². The van der Waals surface area contributed by atoms with Crippen LogP contribution in [0.2, 0.25) is 0 Å². The van der Waals surface area contributed by atoms with Crippen LogP contribution in [0.25, 0.3) is 86.6 Å². The Labute approximate surface area is 310 Å². The van der Waals surface area contributed by atoms with Gasteiger partial charge in [-0.25, -0.2) is 19.9 Å². The number of hydrogen-bond donors (Lipinski definition) is 0. The molecule has 1 aliphatic carbocycles. The topological polar surface area (TPSA) is 51.6 Å². The largest absolute Gasteiger partial charge is 0.236 e. The number of rotatable bonds is 6. The molecule has 6 aromatic carbocycles. The van der Waals surface area contributed by atoms with Gasteiger partial charge in [-0.05, 0) is 78.3 Å². The van der Waals surface area contributed by atoms with E-state index in [9.17, 15) is 0 Å². The number of thiazole rings is 2. The second-order valence-corrected chi connectivity index (χ2v) is 15.4. The lowest BCUT2D eigenvalue weighted by atomic mass is 9.86. The second-order valence-electron chi connectivity index (χ2n) is 13.3. The molecule has 1 aliphatic rings. The number of nitrogens with zero attached hydrogens (tertiary/aromatic N) is 4. The fourth-order valence-electron chi connectivity index (χ4n) is 7.28. The first kappa shape index (κ1) is 31.0. The van der Waals surface area contributed by atoms with E-state index in [1.165, 1.54) is 50.9 Å². The van der Waals surface area contributed by atoms with Gasteiger partial charge < -0.3 is 0 Å². The van der Waals surface area contributed by atoms with Crippen LogP contribution in [0.15, 0.2) is 146 Å². The third-order valence-electron chi connectivity index (χ3n) is 10.0. The van der Waals surface area contributed by atoms with Crippen molar-refractivity contribution in [2.45, 2.75) is 25.7 Å². The summed E-state index contributed by atoms with van der Waals surface area (Å²) in [6.07, 6.45) is 4.86. The second kappa shape index (κ2) is 13.1. The molecule has 248 valence electrons. The Morgan fingerprint density at radius 2 is 0.904 bits per heavy atom. The van der Waals surface area contributed by atoms with Crippen molar-refractivity contribution in [3.05, 3.63) is 157 Å². The highest BCUT2D eigenvalue weighted by Gasteiger charge is 2.16. The van der Waals surface area contributed by atoms with Crippen molar-refractivity contribution in [1.82, 2.24) is 19.9 Å². The zero-order valence-electron chi connectivity index (χ0n) is 28.3. The van der Waals surface area contributed by atoms with E-state index in [1.807, 2.05) is 12.1 Å². The number of benzene rings is 6. The lowest BCUT2D eigenvalue weighted by Crippen LogP contribution is -2.04. The van der Waals surface area contributed by atoms with Crippen LogP contribution in [-0.2, 0) is 12.8 Å². The van der Waals surface area contributed by atoms with Crippen LogP contribution in [-0.4, -0.2) is 19.9 Å². The normalized spacial score (nSPS) is 12.7. The molecule has 52 heavy (non-hydrogen) atoms. The fourth-order valence-corrected chi connectivity index (χ4v) is 9.22. The lowest BCUT2D eigenvalue weighted by Gasteiger charge is -2.19. The summed E-state index contributed by atoms with van der Waals surface area (Å²) >= 11 is 3.44. The molecule has 0 radical (unpaired) electrons. The average Bonchev–Trinajstić information content (AvgIpc) is 3.86. The molecule has 6 heteroatoms. The van der Waals surface area contributed by atoms with Gasteiger partial charge in [0.1, 0.15) is 10.0 Å². The molecule has 0 amide bonds. The number of aryl methyl sites for hydroxylation is 1. The summed E-state index contributed by atoms with van der Waals surface area (Å²) < 4.78 is 2.39. The Morgan fingerprint density at radius 1 is 0.404 bits per heavy atom. The monoisotopic (exact) mass is 704 g/mol. The minimum Gasteiger partial charge on any atom is -0.236 e. The summed E-state index contributed by atoms with van der Waals surface area (Å²) in [6, 6.07) is 51.5. The first-order chi connectivity index (χ1) is 25.7. The molecule has 0 unspecified atom stereocenters. The van der Waals surface area contributed by atoms with Crippen LogP contribution in [0.4, 0.5) is 0 Å². The summed E-state index contributed by atoms with van der Waals surface area (Å²) in [4.78, 5) is 20.1. The van der Waals surface area contributed by atoms with Crippen molar-refractivity contribution < 1.29 is 0 Å². The molecule has 3 heterocycles. The van der Waals surface area contributed by atoms with Crippen LogP contribution >= 0.6 is 22.7 Å². The van der Waals surface area contributed by atoms with Gasteiger partial charge in [0.05, 0.1) is 31.8 Å². The summed E-state index contributed by atoms with van der Waals surface area (Å²) in [5.41, 5.74) is 14.7. The summed E-state index contributed by atoms with van der Waals surface area (Å²) in [5.74, 6) is 0.708. The summed E-state index contributed by atoms with van der Waals surface area (Å²) in [6.45, 7) is 0. The number of aromatic nitrogens is 4. The highest BCUT2D eigenvalue weighted by Crippen LogP contribution is 2.36. The third-order valence-corrected chi connectivity index (χ3v) is 12.2. The van der Waals surface area contributed by atoms with Crippen molar-refractivity contribution in [1.29, 1.82) is 0 Å². The molecule has 0 fully saturated rings. The molecule has 0 saturated carbocycles. The Kier molecular flexibility index (Phi) is 7.77. The van der Waals surface area contributed by atoms with Gasteiger partial charge in [0.25, 0.3) is 0 Å². The zero-order chi connectivity index (χ0) is 34.4. The van der Waals surface area contributed by atoms with Gasteiger partial charge in [0.2, 0.25) is 0 Å². The maximum absolute atomic E-state index is 5.17. The molecule has 3 aromatic heterocycles. The Balaban J connectivity index is 1.03. The number of hydrogen-bond acceptors (Lipinski definition) is 6. The first-order valence-electron chi connectivity index (χ1n) is 17.8. The molecule has 9 aromatic rings. The quantitative estimate of drug-likeness (QED) is 0.173. The van der Waals surface area contributed by atoms with Gasteiger partial charge in [-0.3, -0.25) is 0 Å². The van der Waals surface area contributed by atoms with Crippen LogP contribution in [0.1, 0.15) is 24.0 Å². The van der Waals surface area contributed by atoms with Gasteiger partial charge in [-0.15, -0.1) is 22.7 Å². The van der Waals surface area contributed by atoms with E-state index in [4.69, 9.17) is 19.9 Å². The highest BCUT2D eigenvalue weighted by molar-refractivity contribution is 7.22. The predicted octanol–water partition coefficient (Wildman–Crippen LogP) is 12.6. The van der Waals surface area contributed by atoms with Gasteiger partial charge in [0.15, 0.2) is 5.82 Å². The standard InChI is InChI=1S/C46H32N4S2/c1-2-10-36-29(8-1)9-7-11-37(36)30-16-22-33(23-17-30)44-47-40(31-18-24-34(25-19-31)45-49-38-12-3-5-14-42(38)51-45)28-41(48-44)32-20-26-35(27-21-32)46-50-39-13-4-6-15-43(39)52-46/h3-7,9,11-28H,1-2,8,10H2. The molecule has 0 N–H and O–H groups in total. The molecular weight excluding hydrogens is 673 g/mol. The number of fused-ring (bicyclic) bond motifs is 3. The Hall–Kier alpha value is -5.82. The SMILES string of the molecule is c1cc2c(c(-c3ccc(-c4nc(-c5ccc(-c6nc7ccccc7s6)cc5)cc(-c5ccc(-c6nc7ccccc7s6)cc5)n4)cc3)c1)CCCC2. The van der Waals surface area contributed by atoms with E-state index in [2.05, 4.69) is 133 Å². The van der Waals surface area contributed by atoms with E-state index in [0.717, 1.165) is 66.7 Å². The van der Waals surface area contributed by atoms with E-state index < -0.39 is 0 Å². The molecule has 0 aliphatic heterocycles. The van der Waals surface area contributed by atoms with E-state index in [1.54, 1.807) is 22.7 Å². The van der Waals surface area contributed by atoms with Crippen LogP contribution in [0.3, 0.4) is 0 Å². The maximum Gasteiger partial charge on any atom is 0.160 e. The van der Waals surface area contributed by atoms with Crippen molar-refractivity contribution in [2.75, 3.05) is 0 Å². The van der Waals surface area contributed by atoms with Crippen molar-refractivity contribution in [3.8, 4) is 66.2 Å². The molecule has 0 bridgehead atoms. The van der Waals surface area contributed by atoms with Crippen molar-refractivity contribution in [2.24, 2.45) is 0 Å². The Bertz CT molecular complexity index is 2520. The van der Waals surface area contributed by atoms with E-state index >= 15 is 0 Å². The summed E-state index contributed by atoms with van der Waals surface area (Å²) in [5, 5.41) is 2.04. The molecule has 0 atom stereocenters. The first-order valence-corrected chi connectivity index (χ1v) is 19.4. The van der Waals surface area contributed by atoms with Crippen molar-refractivity contribution in [3.63, 3.8) is 0 Å². The molecule has 0 saturated heterocycles. The van der Waals surface area contributed by atoms with Gasteiger partial charge in [0, 0.05) is 27.8 Å². The average molecular weight is 705 g/mol. The smallest absolute Gasteiger partial charge is 0.160 e. The third kappa shape index (κ3) is 5.80. The fraction of sp³-hybridized carbons (Fsp3) is 0.0870. The van der Waals surface area contributed by atoms with E-state index in [-0.39, 0.29) is 0 Å². The van der Waals surface area contributed by atoms with Crippen LogP contribution in [0, 0.1) is 0 Å². The molecule has 4 nitrogen and oxygen atoms in total. The maximum atomic E-state index is 5.17. The van der Waals surface area contributed by atoms with Crippen molar-refractivity contribution >= 4 is 43.1 Å². The zero-order valence-corrected chi connectivity index (χ0v) is 29.9. The van der Waals surface area contributed by atoms with Crippen LogP contribution < -0.4 is 0 Å². The highest BCUT2D eigenvalue weighted by atomic mass is 32.1. The molecule has 0 spiro atoms. The van der Waals surface area contributed by atoms with Gasteiger partial charge in [-0.1, -0.05) is 115 Å². The number of para-hydroxylation sites is 2. The predicted molar refractivity (Wildman–Crippen MR) is 218 cm³/mol. The Morgan fingerprint density at radius 3 is 1.48 bits per heavy atom. The van der Waals surface area contributed by atoms with Crippen LogP contribution in [0.5, 0.6) is 0 Å².